The molecule has 2 aliphatic heterocycles. The minimum Gasteiger partial charge on any atom is -0.478 e. The van der Waals surface area contributed by atoms with Gasteiger partial charge in [0, 0.05) is 33.1 Å². The van der Waals surface area contributed by atoms with Crippen LogP contribution in [0.25, 0.3) is 0 Å². The Bertz CT molecular complexity index is 2290. The average Bonchev–Trinajstić information content (AvgIpc) is 3.13. The lowest BCUT2D eigenvalue weighted by Crippen LogP contribution is -2.22. The zero-order valence-electron chi connectivity index (χ0n) is 30.5. The molecule has 0 radical (unpaired) electrons. The van der Waals surface area contributed by atoms with Crippen molar-refractivity contribution in [3.8, 4) is 23.7 Å². The van der Waals surface area contributed by atoms with Gasteiger partial charge < -0.3 is 9.84 Å². The van der Waals surface area contributed by atoms with Crippen LogP contribution >= 0.6 is 23.5 Å². The Kier molecular flexibility index (Phi) is 12.2. The van der Waals surface area contributed by atoms with Crippen molar-refractivity contribution >= 4 is 46.8 Å². The van der Waals surface area contributed by atoms with Gasteiger partial charge in [-0.3, -0.25) is 20.2 Å². The number of carbonyl (C=O) groups excluding carboxylic acids is 1. The summed E-state index contributed by atoms with van der Waals surface area (Å²) in [5.74, 6) is 12.1. The van der Waals surface area contributed by atoms with Crippen LogP contribution in [0.1, 0.15) is 102 Å². The fraction of sp³-hybridized carbons (Fsp3) is 0.286. The lowest BCUT2D eigenvalue weighted by molar-refractivity contribution is -0.385. The van der Waals surface area contributed by atoms with Crippen molar-refractivity contribution in [3.05, 3.63) is 138 Å². The van der Waals surface area contributed by atoms with Gasteiger partial charge in [-0.1, -0.05) is 51.4 Å². The van der Waals surface area contributed by atoms with Crippen LogP contribution in [0, 0.1) is 43.9 Å². The fourth-order valence-corrected chi connectivity index (χ4v) is 8.93. The number of carbonyl (C=O) groups is 2. The van der Waals surface area contributed by atoms with E-state index in [2.05, 4.69) is 63.5 Å². The number of fused-ring (bicyclic) bond motifs is 2. The van der Waals surface area contributed by atoms with E-state index < -0.39 is 21.8 Å². The maximum Gasteiger partial charge on any atom is 0.338 e. The van der Waals surface area contributed by atoms with Crippen LogP contribution in [0.2, 0.25) is 0 Å². The number of nitro benzene ring substituents is 2. The van der Waals surface area contributed by atoms with Gasteiger partial charge in [-0.15, -0.1) is 23.5 Å². The largest absolute Gasteiger partial charge is 0.478 e. The van der Waals surface area contributed by atoms with Crippen molar-refractivity contribution < 1.29 is 29.3 Å². The van der Waals surface area contributed by atoms with E-state index in [-0.39, 0.29) is 51.1 Å². The molecule has 0 aliphatic carbocycles. The van der Waals surface area contributed by atoms with Crippen molar-refractivity contribution in [2.45, 2.75) is 68.1 Å². The summed E-state index contributed by atoms with van der Waals surface area (Å²) in [6, 6.07) is 20.1. The van der Waals surface area contributed by atoms with E-state index in [1.165, 1.54) is 51.2 Å². The summed E-state index contributed by atoms with van der Waals surface area (Å²) in [6.07, 6.45) is 2.19. The number of carboxylic acids is 1. The summed E-state index contributed by atoms with van der Waals surface area (Å²) < 4.78 is 4.90. The van der Waals surface area contributed by atoms with Crippen LogP contribution < -0.4 is 0 Å². The minimum atomic E-state index is -1.21. The van der Waals surface area contributed by atoms with E-state index in [4.69, 9.17) is 9.84 Å². The Morgan fingerprint density at radius 2 is 1.15 bits per heavy atom. The predicted molar refractivity (Wildman–Crippen MR) is 211 cm³/mol. The van der Waals surface area contributed by atoms with Gasteiger partial charge in [0.1, 0.15) is 11.1 Å². The van der Waals surface area contributed by atoms with E-state index in [0.29, 0.717) is 0 Å². The van der Waals surface area contributed by atoms with Crippen LogP contribution in [0.3, 0.4) is 0 Å². The molecule has 0 bridgehead atoms. The highest BCUT2D eigenvalue weighted by Gasteiger charge is 2.29. The molecule has 0 spiro atoms. The molecule has 4 aromatic rings. The van der Waals surface area contributed by atoms with Gasteiger partial charge >= 0.3 is 11.9 Å². The van der Waals surface area contributed by atoms with Gasteiger partial charge in [0.25, 0.3) is 11.4 Å². The zero-order valence-corrected chi connectivity index (χ0v) is 32.1. The van der Waals surface area contributed by atoms with E-state index >= 15 is 0 Å². The number of benzene rings is 4. The number of nitro groups is 2. The normalized spacial score (nSPS) is 14.5. The van der Waals surface area contributed by atoms with E-state index in [9.17, 15) is 29.8 Å². The summed E-state index contributed by atoms with van der Waals surface area (Å²) in [5, 5.41) is 31.6. The first kappa shape index (κ1) is 39.6. The number of hydrogen-bond acceptors (Lipinski definition) is 9. The van der Waals surface area contributed by atoms with Crippen molar-refractivity contribution in [2.24, 2.45) is 0 Å². The molecule has 0 aromatic heterocycles. The molecule has 1 N–H and O–H groups in total. The third-order valence-corrected chi connectivity index (χ3v) is 11.4. The van der Waals surface area contributed by atoms with Gasteiger partial charge in [0.05, 0.1) is 27.6 Å². The molecule has 2 aliphatic rings. The van der Waals surface area contributed by atoms with Gasteiger partial charge in [0.2, 0.25) is 0 Å². The molecule has 10 nitrogen and oxygen atoms in total. The molecule has 12 heteroatoms. The molecule has 4 aromatic carbocycles. The summed E-state index contributed by atoms with van der Waals surface area (Å²) in [4.78, 5) is 46.9. The Balaban J connectivity index is 0.000000208. The highest BCUT2D eigenvalue weighted by molar-refractivity contribution is 7.99. The quantitative estimate of drug-likeness (QED) is 0.0902. The summed E-state index contributed by atoms with van der Waals surface area (Å²) in [6.45, 7) is 10.8. The Morgan fingerprint density at radius 1 is 0.704 bits per heavy atom. The van der Waals surface area contributed by atoms with Crippen molar-refractivity contribution in [1.82, 2.24) is 0 Å². The molecule has 0 amide bonds. The molecular formula is C42H38N2O8S2. The number of rotatable bonds is 5. The third kappa shape index (κ3) is 9.32. The maximum absolute atomic E-state index is 11.8. The summed E-state index contributed by atoms with van der Waals surface area (Å²) in [5.41, 5.74) is 4.27. The Hall–Kier alpha value is -5.56. The minimum absolute atomic E-state index is 0.0768. The number of aromatic carboxylic acids is 1. The number of thioether (sulfide) groups is 2. The van der Waals surface area contributed by atoms with Crippen LogP contribution in [0.4, 0.5) is 11.4 Å². The lowest BCUT2D eigenvalue weighted by atomic mass is 9.81. The summed E-state index contributed by atoms with van der Waals surface area (Å²) >= 11 is 3.68. The van der Waals surface area contributed by atoms with E-state index in [1.54, 1.807) is 6.92 Å². The first-order chi connectivity index (χ1) is 25.6. The second-order valence-electron chi connectivity index (χ2n) is 13.9. The second-order valence-corrected chi connectivity index (χ2v) is 16.2. The zero-order chi connectivity index (χ0) is 39.2. The average molecular weight is 763 g/mol. The van der Waals surface area contributed by atoms with Crippen LogP contribution in [0.15, 0.2) is 82.6 Å². The third-order valence-electron chi connectivity index (χ3n) is 9.22. The standard InChI is InChI=1S/C22H21NO4S.C20H17NO4S/c1-4-27-21(24)17-9-8-16(19(14-17)23(25)26)7-5-15-6-10-20-18(13-15)22(2,3)11-12-28-20;1-20(2)9-10-26-18-8-4-13(11-16(18)20)3-5-14-6-7-15(19(22)23)12-17(14)21(24)25/h6,8-10,13-14H,4,11-12H2,1-3H3;4,6-8,11-12H,9-10H2,1-2H3,(H,22,23). The van der Waals surface area contributed by atoms with Gasteiger partial charge in [-0.2, -0.15) is 0 Å². The SMILES string of the molecule is CC1(C)CCSc2ccc(C#Cc3ccc(C(=O)O)cc3[N+](=O)[O-])cc21.CCOC(=O)c1ccc(C#Cc2ccc3c(c2)C(C)(C)CCS3)c([N+](=O)[O-])c1. The topological polar surface area (TPSA) is 150 Å². The molecule has 0 saturated carbocycles. The van der Waals surface area contributed by atoms with Crippen LogP contribution in [-0.4, -0.2) is 45.0 Å². The molecule has 0 saturated heterocycles. The highest BCUT2D eigenvalue weighted by Crippen LogP contribution is 2.42. The van der Waals surface area contributed by atoms with Crippen molar-refractivity contribution in [2.75, 3.05) is 18.1 Å². The molecule has 6 rings (SSSR count). The van der Waals surface area contributed by atoms with Crippen LogP contribution in [-0.2, 0) is 15.6 Å². The molecular weight excluding hydrogens is 725 g/mol. The molecule has 0 unspecified atom stereocenters. The fourth-order valence-electron chi connectivity index (χ4n) is 5.96. The number of nitrogens with zero attached hydrogens (tertiary/aromatic N) is 2. The van der Waals surface area contributed by atoms with E-state index in [1.807, 2.05) is 47.8 Å². The Labute approximate surface area is 322 Å². The highest BCUT2D eigenvalue weighted by atomic mass is 32.2. The summed E-state index contributed by atoms with van der Waals surface area (Å²) in [7, 11) is 0. The number of esters is 1. The molecule has 54 heavy (non-hydrogen) atoms. The molecule has 0 atom stereocenters. The maximum atomic E-state index is 11.8. The first-order valence-electron chi connectivity index (χ1n) is 17.2. The second kappa shape index (κ2) is 16.6. The molecule has 276 valence electrons. The number of ether oxygens (including phenoxy) is 1. The van der Waals surface area contributed by atoms with Gasteiger partial charge in [-0.25, -0.2) is 9.59 Å². The van der Waals surface area contributed by atoms with Crippen molar-refractivity contribution in [3.63, 3.8) is 0 Å². The lowest BCUT2D eigenvalue weighted by Gasteiger charge is -2.32. The molecule has 0 fully saturated rings. The van der Waals surface area contributed by atoms with E-state index in [0.717, 1.165) is 41.5 Å². The van der Waals surface area contributed by atoms with Gasteiger partial charge in [-0.05, 0) is 114 Å². The van der Waals surface area contributed by atoms with Crippen molar-refractivity contribution in [1.29, 1.82) is 0 Å². The molecule has 2 heterocycles. The predicted octanol–water partition coefficient (Wildman–Crippen LogP) is 9.41. The van der Waals surface area contributed by atoms with Crippen LogP contribution in [0.5, 0.6) is 0 Å². The monoisotopic (exact) mass is 762 g/mol. The first-order valence-corrected chi connectivity index (χ1v) is 19.1. The Morgan fingerprint density at radius 3 is 1.57 bits per heavy atom. The van der Waals surface area contributed by atoms with Gasteiger partial charge in [0.15, 0.2) is 0 Å². The smallest absolute Gasteiger partial charge is 0.338 e. The number of carboxylic acid groups (broad SMARTS) is 1. The number of hydrogen-bond donors (Lipinski definition) is 1.